The van der Waals surface area contributed by atoms with Gasteiger partial charge in [0.15, 0.2) is 0 Å². The van der Waals surface area contributed by atoms with Crippen molar-refractivity contribution in [2.24, 2.45) is 16.7 Å². The molecule has 2 aliphatic carbocycles. The molecule has 2 bridgehead atoms. The van der Waals surface area contributed by atoms with Crippen molar-refractivity contribution in [2.75, 3.05) is 17.6 Å². The Hall–Kier alpha value is 2.32. The number of hydrogen-bond acceptors (Lipinski definition) is 0. The van der Waals surface area contributed by atoms with E-state index in [0.29, 0.717) is 6.42 Å². The molecule has 106 valence electrons. The minimum absolute atomic E-state index is 0.102. The Balaban J connectivity index is 2.70. The second kappa shape index (κ2) is 4.92. The van der Waals surface area contributed by atoms with Crippen LogP contribution in [0.4, 0.5) is 0 Å². The molecule has 0 saturated heterocycles. The molecule has 0 spiro atoms. The summed E-state index contributed by atoms with van der Waals surface area (Å²) in [7, 11) is 0. The molecule has 0 nitrogen and oxygen atoms in total. The lowest BCUT2D eigenvalue weighted by atomic mass is 9.70. The van der Waals surface area contributed by atoms with Crippen LogP contribution in [0, 0.1) is 16.7 Å². The van der Waals surface area contributed by atoms with E-state index >= 15 is 0 Å². The molecule has 3 atom stereocenters. The number of halogens is 8. The average molecular weight is 414 g/mol. The van der Waals surface area contributed by atoms with Gasteiger partial charge >= 0.3 is 0 Å². The third-order valence-corrected chi connectivity index (χ3v) is 8.85. The molecule has 0 aliphatic heterocycles. The van der Waals surface area contributed by atoms with Crippen LogP contribution >= 0.6 is 92.8 Å². The minimum Gasteiger partial charge on any atom is -0.126 e. The predicted molar refractivity (Wildman–Crippen MR) is 83.6 cm³/mol. The van der Waals surface area contributed by atoms with Crippen molar-refractivity contribution >= 4 is 92.8 Å². The van der Waals surface area contributed by atoms with E-state index in [4.69, 9.17) is 92.8 Å². The summed E-state index contributed by atoms with van der Waals surface area (Å²) in [5.74, 6) is 0.226. The molecule has 0 heterocycles. The smallest absolute Gasteiger partial charge is 0.126 e. The van der Waals surface area contributed by atoms with Gasteiger partial charge in [-0.25, -0.2) is 0 Å². The van der Waals surface area contributed by atoms with Crippen molar-refractivity contribution in [2.45, 2.75) is 20.5 Å². The number of fused-ring (bicyclic) bond motifs is 2. The predicted octanol–water partition coefficient (Wildman–Crippen LogP) is 5.66. The molecule has 0 aromatic heterocycles. The van der Waals surface area contributed by atoms with Crippen LogP contribution in [0.2, 0.25) is 0 Å². The number of hydrogen-bond donors (Lipinski definition) is 0. The van der Waals surface area contributed by atoms with Crippen molar-refractivity contribution in [3.63, 3.8) is 0 Å². The standard InChI is InChI=1S/C10H10Cl8/c11-2-7(3-12)5-1-9(15,16)8(7,4-13)6(14)10(5,17)18/h5-6H,1-4H2/t5-,6+,8?/m0/s1. The first-order valence-corrected chi connectivity index (χ1v) is 8.80. The summed E-state index contributed by atoms with van der Waals surface area (Å²) in [6, 6.07) is 0. The summed E-state index contributed by atoms with van der Waals surface area (Å²) >= 11 is 50.6. The molecule has 0 radical (unpaired) electrons. The molecular formula is C10H10Cl8. The topological polar surface area (TPSA) is 0 Å². The van der Waals surface area contributed by atoms with Gasteiger partial charge in [-0.05, 0) is 6.42 Å². The highest BCUT2D eigenvalue weighted by atomic mass is 35.5. The van der Waals surface area contributed by atoms with Crippen molar-refractivity contribution in [1.29, 1.82) is 0 Å². The Labute approximate surface area is 146 Å². The third-order valence-electron chi connectivity index (χ3n) is 4.59. The molecule has 8 heteroatoms. The number of rotatable bonds is 3. The fourth-order valence-electron chi connectivity index (χ4n) is 3.52. The Morgan fingerprint density at radius 1 is 0.889 bits per heavy atom. The van der Waals surface area contributed by atoms with E-state index in [1.807, 2.05) is 0 Å². The van der Waals surface area contributed by atoms with E-state index in [1.54, 1.807) is 0 Å². The van der Waals surface area contributed by atoms with E-state index in [-0.39, 0.29) is 23.6 Å². The molecule has 2 saturated carbocycles. The summed E-state index contributed by atoms with van der Waals surface area (Å²) in [5, 5.41) is -0.711. The molecule has 0 aromatic rings. The van der Waals surface area contributed by atoms with Crippen LogP contribution < -0.4 is 0 Å². The molecule has 0 aromatic carbocycles. The van der Waals surface area contributed by atoms with Crippen molar-refractivity contribution in [1.82, 2.24) is 0 Å². The Kier molecular flexibility index (Phi) is 4.56. The van der Waals surface area contributed by atoms with E-state index in [0.717, 1.165) is 0 Å². The maximum atomic E-state index is 6.45. The summed E-state index contributed by atoms with van der Waals surface area (Å²) in [4.78, 5) is 0. The lowest BCUT2D eigenvalue weighted by molar-refractivity contribution is 0.160. The van der Waals surface area contributed by atoms with E-state index < -0.39 is 24.9 Å². The van der Waals surface area contributed by atoms with Gasteiger partial charge < -0.3 is 0 Å². The molecule has 0 amide bonds. The fraction of sp³-hybridized carbons (Fsp3) is 1.00. The van der Waals surface area contributed by atoms with Gasteiger partial charge in [-0.2, -0.15) is 0 Å². The monoisotopic (exact) mass is 410 g/mol. The van der Waals surface area contributed by atoms with Crippen LogP contribution in [0.15, 0.2) is 0 Å². The van der Waals surface area contributed by atoms with Crippen LogP contribution in [0.5, 0.6) is 0 Å². The first-order chi connectivity index (χ1) is 8.18. The SMILES string of the molecule is ClCC1(CCl)[C@@H]2CC(Cl)(Cl)C1(CCl)[C@@H](Cl)C2(Cl)Cl. The highest BCUT2D eigenvalue weighted by Gasteiger charge is 2.84. The highest BCUT2D eigenvalue weighted by molar-refractivity contribution is 6.56. The largest absolute Gasteiger partial charge is 0.138 e. The van der Waals surface area contributed by atoms with Gasteiger partial charge in [-0.1, -0.05) is 23.2 Å². The van der Waals surface area contributed by atoms with Crippen LogP contribution in [0.1, 0.15) is 6.42 Å². The van der Waals surface area contributed by atoms with Crippen LogP contribution in [0.25, 0.3) is 0 Å². The minimum atomic E-state index is -1.19. The first-order valence-electron chi connectivity index (χ1n) is 5.25. The van der Waals surface area contributed by atoms with Crippen molar-refractivity contribution in [3.05, 3.63) is 0 Å². The summed E-state index contributed by atoms with van der Waals surface area (Å²) in [6.07, 6.45) is 0.374. The average Bonchev–Trinajstić information content (AvgIpc) is 2.60. The van der Waals surface area contributed by atoms with Crippen LogP contribution in [-0.2, 0) is 0 Å². The van der Waals surface area contributed by atoms with Gasteiger partial charge in [-0.15, -0.1) is 69.6 Å². The van der Waals surface area contributed by atoms with E-state index in [2.05, 4.69) is 0 Å². The summed E-state index contributed by atoms with van der Waals surface area (Å²) in [6.45, 7) is 0. The van der Waals surface area contributed by atoms with Gasteiger partial charge in [0.25, 0.3) is 0 Å². The zero-order valence-electron chi connectivity index (χ0n) is 9.01. The molecule has 2 fully saturated rings. The van der Waals surface area contributed by atoms with Crippen LogP contribution in [-0.4, -0.2) is 31.7 Å². The lowest BCUT2D eigenvalue weighted by Crippen LogP contribution is -2.55. The van der Waals surface area contributed by atoms with Gasteiger partial charge in [0, 0.05) is 34.4 Å². The molecule has 1 unspecified atom stereocenters. The van der Waals surface area contributed by atoms with Crippen molar-refractivity contribution < 1.29 is 0 Å². The van der Waals surface area contributed by atoms with Crippen LogP contribution in [0.3, 0.4) is 0 Å². The van der Waals surface area contributed by atoms with E-state index in [1.165, 1.54) is 0 Å². The zero-order chi connectivity index (χ0) is 14.0. The second-order valence-corrected chi connectivity index (χ2v) is 9.19. The Bertz CT molecular complexity index is 350. The maximum absolute atomic E-state index is 6.45. The maximum Gasteiger partial charge on any atom is 0.138 e. The van der Waals surface area contributed by atoms with Gasteiger partial charge in [0.05, 0.1) is 5.38 Å². The third kappa shape index (κ3) is 1.62. The highest BCUT2D eigenvalue weighted by Crippen LogP contribution is 2.80. The molecular weight excluding hydrogens is 404 g/mol. The Morgan fingerprint density at radius 3 is 1.72 bits per heavy atom. The van der Waals surface area contributed by atoms with Gasteiger partial charge in [0.2, 0.25) is 0 Å². The van der Waals surface area contributed by atoms with Crippen molar-refractivity contribution in [3.8, 4) is 0 Å². The molecule has 18 heavy (non-hydrogen) atoms. The number of alkyl halides is 8. The summed E-state index contributed by atoms with van der Waals surface area (Å²) in [5.41, 5.74) is -1.58. The molecule has 0 N–H and O–H groups in total. The normalized spacial score (nSPS) is 43.3. The quantitative estimate of drug-likeness (QED) is 0.523. The second-order valence-electron chi connectivity index (χ2n) is 5.03. The lowest BCUT2D eigenvalue weighted by Gasteiger charge is -2.47. The fourth-order valence-corrected chi connectivity index (χ4v) is 8.24. The Morgan fingerprint density at radius 2 is 1.39 bits per heavy atom. The molecule has 2 rings (SSSR count). The first kappa shape index (κ1) is 16.7. The summed E-state index contributed by atoms with van der Waals surface area (Å²) < 4.78 is -2.32. The van der Waals surface area contributed by atoms with Gasteiger partial charge in [-0.3, -0.25) is 0 Å². The van der Waals surface area contributed by atoms with Gasteiger partial charge in [0.1, 0.15) is 8.67 Å². The van der Waals surface area contributed by atoms with E-state index in [9.17, 15) is 0 Å². The molecule has 2 aliphatic rings. The zero-order valence-corrected chi connectivity index (χ0v) is 15.1.